The van der Waals surface area contributed by atoms with Crippen molar-refractivity contribution in [2.75, 3.05) is 11.5 Å². The summed E-state index contributed by atoms with van der Waals surface area (Å²) in [4.78, 5) is 0. The third-order valence-corrected chi connectivity index (χ3v) is 12.7. The summed E-state index contributed by atoms with van der Waals surface area (Å²) < 4.78 is 0. The van der Waals surface area contributed by atoms with Crippen LogP contribution in [-0.4, -0.2) is 0 Å². The van der Waals surface area contributed by atoms with E-state index in [1.165, 1.54) is 154 Å². The van der Waals surface area contributed by atoms with Crippen LogP contribution in [0.5, 0.6) is 0 Å². The summed E-state index contributed by atoms with van der Waals surface area (Å²) in [5, 5.41) is 0. The van der Waals surface area contributed by atoms with E-state index in [1.54, 1.807) is 0 Å². The molecule has 0 saturated heterocycles. The Morgan fingerprint density at radius 1 is 0.538 bits per heavy atom. The van der Waals surface area contributed by atoms with Crippen molar-refractivity contribution >= 4 is 11.4 Å². The molecule has 0 aromatic heterocycles. The maximum absolute atomic E-state index is 6.20. The zero-order valence-corrected chi connectivity index (χ0v) is 33.5. The fraction of sp³-hybridized carbons (Fsp3) is 0.520. The van der Waals surface area contributed by atoms with Gasteiger partial charge in [-0.1, -0.05) is 152 Å². The Labute approximate surface area is 318 Å². The minimum Gasteiger partial charge on any atom is -0.399 e. The van der Waals surface area contributed by atoms with E-state index in [4.69, 9.17) is 11.5 Å². The summed E-state index contributed by atoms with van der Waals surface area (Å²) in [6, 6.07) is 33.0. The lowest BCUT2D eigenvalue weighted by Crippen LogP contribution is -2.33. The van der Waals surface area contributed by atoms with Crippen LogP contribution in [0.15, 0.2) is 84.9 Å². The highest BCUT2D eigenvalue weighted by molar-refractivity contribution is 5.51. The average Bonchev–Trinajstić information content (AvgIpc) is 3.15. The number of rotatable bonds is 19. The van der Waals surface area contributed by atoms with Gasteiger partial charge in [0.05, 0.1) is 0 Å². The molecule has 2 nitrogen and oxygen atoms in total. The van der Waals surface area contributed by atoms with Gasteiger partial charge in [0.1, 0.15) is 0 Å². The van der Waals surface area contributed by atoms with Crippen LogP contribution >= 0.6 is 0 Å². The highest BCUT2D eigenvalue weighted by atomic mass is 14.5. The Balaban J connectivity index is 1.48. The first-order valence-corrected chi connectivity index (χ1v) is 21.2. The van der Waals surface area contributed by atoms with Crippen molar-refractivity contribution in [3.05, 3.63) is 129 Å². The van der Waals surface area contributed by atoms with Crippen molar-refractivity contribution in [3.8, 4) is 0 Å². The smallest absolute Gasteiger partial charge is 0.0316 e. The zero-order valence-electron chi connectivity index (χ0n) is 33.5. The summed E-state index contributed by atoms with van der Waals surface area (Å²) in [5.41, 5.74) is 25.5. The van der Waals surface area contributed by atoms with Gasteiger partial charge in [-0.05, 0) is 127 Å². The lowest BCUT2D eigenvalue weighted by Gasteiger charge is -2.42. The fourth-order valence-electron chi connectivity index (χ4n) is 9.51. The maximum atomic E-state index is 6.20. The third-order valence-electron chi connectivity index (χ3n) is 12.7. The molecule has 4 N–H and O–H groups in total. The fourth-order valence-corrected chi connectivity index (χ4v) is 9.51. The molecular formula is C50H70N2. The molecule has 52 heavy (non-hydrogen) atoms. The van der Waals surface area contributed by atoms with E-state index in [0.717, 1.165) is 17.3 Å². The van der Waals surface area contributed by atoms with Gasteiger partial charge >= 0.3 is 0 Å². The number of nitrogen functional groups attached to an aromatic ring is 2. The molecule has 1 aliphatic carbocycles. The second kappa shape index (κ2) is 19.5. The van der Waals surface area contributed by atoms with E-state index in [0.29, 0.717) is 11.8 Å². The third kappa shape index (κ3) is 9.91. The highest BCUT2D eigenvalue weighted by Crippen LogP contribution is 2.48. The number of unbranched alkanes of at least 4 members (excludes halogenated alkanes) is 7. The topological polar surface area (TPSA) is 52.0 Å². The number of nitrogens with two attached hydrogens (primary N) is 2. The minimum atomic E-state index is 0.0562. The summed E-state index contributed by atoms with van der Waals surface area (Å²) in [7, 11) is 0. The SMILES string of the molecule is CCCCCCC1CCC(c2ccc(C(CCCCC)c3ccc(N)cc3C)cc2)(c2ccc(C(CCCCC)c3ccc(N)cc3C)cc2)CC1. The van der Waals surface area contributed by atoms with Crippen LogP contribution in [0.2, 0.25) is 0 Å². The number of aryl methyl sites for hydroxylation is 2. The normalized spacial score (nSPS) is 18.7. The number of hydrogen-bond acceptors (Lipinski definition) is 2. The lowest BCUT2D eigenvalue weighted by molar-refractivity contribution is 0.250. The molecule has 1 saturated carbocycles. The van der Waals surface area contributed by atoms with Gasteiger partial charge in [-0.15, -0.1) is 0 Å². The van der Waals surface area contributed by atoms with E-state index in [9.17, 15) is 0 Å². The Morgan fingerprint density at radius 3 is 1.37 bits per heavy atom. The van der Waals surface area contributed by atoms with Gasteiger partial charge in [-0.2, -0.15) is 0 Å². The predicted octanol–water partition coefficient (Wildman–Crippen LogP) is 14.3. The van der Waals surface area contributed by atoms with Crippen molar-refractivity contribution in [1.29, 1.82) is 0 Å². The quantitative estimate of drug-likeness (QED) is 0.0756. The molecule has 0 spiro atoms. The van der Waals surface area contributed by atoms with E-state index < -0.39 is 0 Å². The van der Waals surface area contributed by atoms with Gasteiger partial charge in [0.15, 0.2) is 0 Å². The standard InChI is InChI=1S/C50H70N2/c1-6-9-12-15-16-39-31-33-50(34-32-39,42-23-19-40(20-24-42)48(17-13-10-7-2)46-29-27-44(51)35-37(46)4)43-25-21-41(22-26-43)49(18-14-11-8-3)47-30-28-45(52)36-38(47)5/h19-30,35-36,39,48-49H,6-18,31-34,51-52H2,1-5H3. The Bertz CT molecular complexity index is 1530. The van der Waals surface area contributed by atoms with Crippen molar-refractivity contribution < 1.29 is 0 Å². The van der Waals surface area contributed by atoms with E-state index in [1.807, 2.05) is 0 Å². The monoisotopic (exact) mass is 699 g/mol. The van der Waals surface area contributed by atoms with E-state index >= 15 is 0 Å². The Kier molecular flexibility index (Phi) is 14.9. The average molecular weight is 699 g/mol. The molecule has 0 radical (unpaired) electrons. The maximum Gasteiger partial charge on any atom is 0.0316 e. The summed E-state index contributed by atoms with van der Waals surface area (Å²) in [6.07, 6.45) is 21.9. The second-order valence-corrected chi connectivity index (χ2v) is 16.4. The van der Waals surface area contributed by atoms with E-state index in [2.05, 4.69) is 120 Å². The van der Waals surface area contributed by atoms with Gasteiger partial charge in [-0.25, -0.2) is 0 Å². The second-order valence-electron chi connectivity index (χ2n) is 16.4. The van der Waals surface area contributed by atoms with Gasteiger partial charge in [0.25, 0.3) is 0 Å². The van der Waals surface area contributed by atoms with Crippen LogP contribution in [0.4, 0.5) is 11.4 Å². The van der Waals surface area contributed by atoms with Gasteiger partial charge < -0.3 is 11.5 Å². The molecule has 0 amide bonds. The van der Waals surface area contributed by atoms with Gasteiger partial charge in [-0.3, -0.25) is 0 Å². The molecule has 2 heteroatoms. The Hall–Kier alpha value is -3.52. The van der Waals surface area contributed by atoms with Crippen molar-refractivity contribution in [2.24, 2.45) is 5.92 Å². The van der Waals surface area contributed by atoms with Crippen LogP contribution < -0.4 is 11.5 Å². The van der Waals surface area contributed by atoms with E-state index in [-0.39, 0.29) is 5.41 Å². The molecule has 0 heterocycles. The van der Waals surface area contributed by atoms with Crippen molar-refractivity contribution in [1.82, 2.24) is 0 Å². The van der Waals surface area contributed by atoms with Crippen molar-refractivity contribution in [3.63, 3.8) is 0 Å². The molecule has 2 unspecified atom stereocenters. The molecule has 2 atom stereocenters. The molecule has 4 aromatic rings. The zero-order chi connectivity index (χ0) is 36.9. The summed E-state index contributed by atoms with van der Waals surface area (Å²) >= 11 is 0. The summed E-state index contributed by atoms with van der Waals surface area (Å²) in [6.45, 7) is 11.4. The molecule has 5 rings (SSSR count). The first-order valence-electron chi connectivity index (χ1n) is 21.2. The molecular weight excluding hydrogens is 629 g/mol. The highest BCUT2D eigenvalue weighted by Gasteiger charge is 2.38. The molecule has 0 bridgehead atoms. The predicted molar refractivity (Wildman–Crippen MR) is 228 cm³/mol. The first-order chi connectivity index (χ1) is 25.3. The molecule has 1 fully saturated rings. The minimum absolute atomic E-state index is 0.0562. The van der Waals surface area contributed by atoms with Crippen LogP contribution in [-0.2, 0) is 5.41 Å². The molecule has 1 aliphatic rings. The molecule has 0 aliphatic heterocycles. The van der Waals surface area contributed by atoms with Crippen LogP contribution in [0.3, 0.4) is 0 Å². The van der Waals surface area contributed by atoms with Gasteiger partial charge in [0.2, 0.25) is 0 Å². The number of benzene rings is 4. The van der Waals surface area contributed by atoms with Crippen LogP contribution in [0.1, 0.15) is 186 Å². The van der Waals surface area contributed by atoms with Crippen molar-refractivity contribution in [2.45, 2.75) is 161 Å². The molecule has 280 valence electrons. The number of hydrogen-bond donors (Lipinski definition) is 2. The largest absolute Gasteiger partial charge is 0.399 e. The first kappa shape index (κ1) is 39.7. The van der Waals surface area contributed by atoms with Crippen LogP contribution in [0, 0.1) is 19.8 Å². The van der Waals surface area contributed by atoms with Gasteiger partial charge in [0, 0.05) is 28.6 Å². The lowest BCUT2D eigenvalue weighted by atomic mass is 9.62. The Morgan fingerprint density at radius 2 is 0.962 bits per heavy atom. The molecule has 4 aromatic carbocycles. The number of anilines is 2. The summed E-state index contributed by atoms with van der Waals surface area (Å²) in [5.74, 6) is 1.66. The van der Waals surface area contributed by atoms with Crippen LogP contribution in [0.25, 0.3) is 0 Å².